The third-order valence-electron chi connectivity index (χ3n) is 5.61. The van der Waals surface area contributed by atoms with Gasteiger partial charge in [0.2, 0.25) is 5.91 Å². The molecule has 1 aromatic rings. The molecule has 0 spiro atoms. The van der Waals surface area contributed by atoms with Gasteiger partial charge in [0.05, 0.1) is 5.56 Å². The van der Waals surface area contributed by atoms with Crippen molar-refractivity contribution in [1.82, 2.24) is 9.80 Å². The summed E-state index contributed by atoms with van der Waals surface area (Å²) in [6.45, 7) is 2.48. The van der Waals surface area contributed by atoms with Gasteiger partial charge >= 0.3 is 0 Å². The number of nitrogens with zero attached hydrogens (tertiary/aromatic N) is 2. The highest BCUT2D eigenvalue weighted by Crippen LogP contribution is 2.24. The summed E-state index contributed by atoms with van der Waals surface area (Å²) in [6, 6.07) is 7.02. The predicted octanol–water partition coefficient (Wildman–Crippen LogP) is 1.81. The van der Waals surface area contributed by atoms with Gasteiger partial charge < -0.3 is 20.3 Å². The third kappa shape index (κ3) is 5.03. The molecule has 1 aromatic carbocycles. The average Bonchev–Trinajstić information content (AvgIpc) is 3.01. The highest BCUT2D eigenvalue weighted by molar-refractivity contribution is 5.97. The highest BCUT2D eigenvalue weighted by atomic mass is 16.5. The van der Waals surface area contributed by atoms with Crippen molar-refractivity contribution in [2.45, 2.75) is 38.5 Å². The second-order valence-corrected chi connectivity index (χ2v) is 7.55. The predicted molar refractivity (Wildman–Crippen MR) is 105 cm³/mol. The topological polar surface area (TPSA) is 92.9 Å². The number of hydrogen-bond donors (Lipinski definition) is 1. The van der Waals surface area contributed by atoms with E-state index in [0.29, 0.717) is 37.2 Å². The van der Waals surface area contributed by atoms with Gasteiger partial charge in [0.15, 0.2) is 6.61 Å². The number of rotatable bonds is 5. The van der Waals surface area contributed by atoms with E-state index >= 15 is 0 Å². The molecule has 0 saturated carbocycles. The lowest BCUT2D eigenvalue weighted by Gasteiger charge is -2.31. The van der Waals surface area contributed by atoms with E-state index in [2.05, 4.69) is 0 Å². The van der Waals surface area contributed by atoms with Gasteiger partial charge in [-0.05, 0) is 37.8 Å². The standard InChI is InChI=1S/C21H29N3O4/c22-20(26)16-9-13-24(14-10-16)21(27)17-7-3-4-8-18(17)28-15-19(25)23-11-5-1-2-6-12-23/h3-4,7-8,16H,1-2,5-6,9-15H2,(H2,22,26). The Balaban J connectivity index is 1.60. The number of piperidine rings is 1. The van der Waals surface area contributed by atoms with Crippen molar-refractivity contribution in [3.05, 3.63) is 29.8 Å². The maximum Gasteiger partial charge on any atom is 0.260 e. The van der Waals surface area contributed by atoms with Crippen molar-refractivity contribution >= 4 is 17.7 Å². The van der Waals surface area contributed by atoms with Crippen LogP contribution in [0.2, 0.25) is 0 Å². The first-order valence-electron chi connectivity index (χ1n) is 10.1. The van der Waals surface area contributed by atoms with E-state index in [0.717, 1.165) is 38.8 Å². The molecule has 3 amide bonds. The fraction of sp³-hybridized carbons (Fsp3) is 0.571. The zero-order valence-corrected chi connectivity index (χ0v) is 16.3. The van der Waals surface area contributed by atoms with Gasteiger partial charge in [0, 0.05) is 32.1 Å². The third-order valence-corrected chi connectivity index (χ3v) is 5.61. The number of hydrogen-bond acceptors (Lipinski definition) is 4. The van der Waals surface area contributed by atoms with Crippen molar-refractivity contribution in [2.24, 2.45) is 11.7 Å². The Kier molecular flexibility index (Phi) is 6.90. The summed E-state index contributed by atoms with van der Waals surface area (Å²) >= 11 is 0. The molecule has 0 atom stereocenters. The molecule has 0 bridgehead atoms. The number of carbonyl (C=O) groups is 3. The van der Waals surface area contributed by atoms with Gasteiger partial charge in [0.25, 0.3) is 11.8 Å². The zero-order chi connectivity index (χ0) is 19.9. The van der Waals surface area contributed by atoms with Crippen molar-refractivity contribution in [2.75, 3.05) is 32.8 Å². The minimum Gasteiger partial charge on any atom is -0.483 e. The van der Waals surface area contributed by atoms with Crippen LogP contribution in [0.15, 0.2) is 24.3 Å². The first-order chi connectivity index (χ1) is 13.6. The summed E-state index contributed by atoms with van der Waals surface area (Å²) in [6.07, 6.45) is 5.54. The molecule has 0 aliphatic carbocycles. The number of amides is 3. The zero-order valence-electron chi connectivity index (χ0n) is 16.3. The number of benzene rings is 1. The summed E-state index contributed by atoms with van der Waals surface area (Å²) in [4.78, 5) is 40.3. The Morgan fingerprint density at radius 1 is 0.929 bits per heavy atom. The van der Waals surface area contributed by atoms with Gasteiger partial charge in [-0.15, -0.1) is 0 Å². The van der Waals surface area contributed by atoms with Crippen molar-refractivity contribution in [1.29, 1.82) is 0 Å². The molecule has 7 nitrogen and oxygen atoms in total. The monoisotopic (exact) mass is 387 g/mol. The number of carbonyl (C=O) groups excluding carboxylic acids is 3. The number of ether oxygens (including phenoxy) is 1. The Morgan fingerprint density at radius 2 is 1.57 bits per heavy atom. The summed E-state index contributed by atoms with van der Waals surface area (Å²) < 4.78 is 5.75. The Labute approximate surface area is 165 Å². The molecule has 28 heavy (non-hydrogen) atoms. The highest BCUT2D eigenvalue weighted by Gasteiger charge is 2.28. The van der Waals surface area contributed by atoms with E-state index in [9.17, 15) is 14.4 Å². The first kappa shape index (κ1) is 20.2. The van der Waals surface area contributed by atoms with Gasteiger partial charge in [-0.25, -0.2) is 0 Å². The number of para-hydroxylation sites is 1. The van der Waals surface area contributed by atoms with Gasteiger partial charge in [-0.3, -0.25) is 14.4 Å². The molecule has 2 saturated heterocycles. The largest absolute Gasteiger partial charge is 0.483 e. The molecular weight excluding hydrogens is 358 g/mol. The van der Waals surface area contributed by atoms with Crippen LogP contribution in [0.4, 0.5) is 0 Å². The molecule has 0 radical (unpaired) electrons. The van der Waals surface area contributed by atoms with Crippen LogP contribution >= 0.6 is 0 Å². The second kappa shape index (κ2) is 9.57. The SMILES string of the molecule is NC(=O)C1CCN(C(=O)c2ccccc2OCC(=O)N2CCCCCC2)CC1. The Morgan fingerprint density at radius 3 is 2.21 bits per heavy atom. The second-order valence-electron chi connectivity index (χ2n) is 7.55. The molecule has 7 heteroatoms. The number of nitrogens with two attached hydrogens (primary N) is 1. The molecule has 0 aromatic heterocycles. The van der Waals surface area contributed by atoms with E-state index < -0.39 is 0 Å². The summed E-state index contributed by atoms with van der Waals surface area (Å²) in [5.74, 6) is -0.218. The lowest BCUT2D eigenvalue weighted by molar-refractivity contribution is -0.133. The molecule has 2 aliphatic heterocycles. The Bertz CT molecular complexity index is 705. The fourth-order valence-corrected chi connectivity index (χ4v) is 3.86. The van der Waals surface area contributed by atoms with Crippen molar-refractivity contribution in [3.8, 4) is 5.75 Å². The van der Waals surface area contributed by atoms with Gasteiger partial charge in [-0.1, -0.05) is 25.0 Å². The molecule has 152 valence electrons. The van der Waals surface area contributed by atoms with Crippen molar-refractivity contribution in [3.63, 3.8) is 0 Å². The lowest BCUT2D eigenvalue weighted by Crippen LogP contribution is -2.42. The summed E-state index contributed by atoms with van der Waals surface area (Å²) in [5.41, 5.74) is 5.81. The Hall–Kier alpha value is -2.57. The molecule has 2 aliphatic rings. The molecule has 2 N–H and O–H groups in total. The number of primary amides is 1. The van der Waals surface area contributed by atoms with E-state index in [1.807, 2.05) is 4.90 Å². The maximum absolute atomic E-state index is 12.9. The molecule has 2 fully saturated rings. The van der Waals surface area contributed by atoms with Crippen LogP contribution in [0.1, 0.15) is 48.9 Å². The van der Waals surface area contributed by atoms with Crippen LogP contribution in [-0.4, -0.2) is 60.3 Å². The molecule has 3 rings (SSSR count). The van der Waals surface area contributed by atoms with Crippen molar-refractivity contribution < 1.29 is 19.1 Å². The summed E-state index contributed by atoms with van der Waals surface area (Å²) in [7, 11) is 0. The van der Waals surface area contributed by atoms with Crippen LogP contribution in [0.5, 0.6) is 5.75 Å². The minimum atomic E-state index is -0.303. The normalized spacial score (nSPS) is 18.4. The average molecular weight is 387 g/mol. The number of likely N-dealkylation sites (tertiary alicyclic amines) is 2. The minimum absolute atomic E-state index is 0.0357. The maximum atomic E-state index is 12.9. The van der Waals surface area contributed by atoms with E-state index in [4.69, 9.17) is 10.5 Å². The van der Waals surface area contributed by atoms with E-state index in [1.165, 1.54) is 0 Å². The quantitative estimate of drug-likeness (QED) is 0.834. The molecule has 2 heterocycles. The molecular formula is C21H29N3O4. The van der Waals surface area contributed by atoms with Crippen LogP contribution in [0, 0.1) is 5.92 Å². The first-order valence-corrected chi connectivity index (χ1v) is 10.1. The van der Waals surface area contributed by atoms with Gasteiger partial charge in [-0.2, -0.15) is 0 Å². The smallest absolute Gasteiger partial charge is 0.260 e. The van der Waals surface area contributed by atoms with Crippen LogP contribution in [0.25, 0.3) is 0 Å². The van der Waals surface area contributed by atoms with Crippen LogP contribution < -0.4 is 10.5 Å². The lowest BCUT2D eigenvalue weighted by atomic mass is 9.96. The van der Waals surface area contributed by atoms with Gasteiger partial charge in [0.1, 0.15) is 5.75 Å². The van der Waals surface area contributed by atoms with E-state index in [1.54, 1.807) is 29.2 Å². The summed E-state index contributed by atoms with van der Waals surface area (Å²) in [5, 5.41) is 0. The fourth-order valence-electron chi connectivity index (χ4n) is 3.86. The van der Waals surface area contributed by atoms with Crippen LogP contribution in [-0.2, 0) is 9.59 Å². The van der Waals surface area contributed by atoms with Crippen LogP contribution in [0.3, 0.4) is 0 Å². The van der Waals surface area contributed by atoms with E-state index in [-0.39, 0.29) is 30.2 Å². The molecule has 0 unspecified atom stereocenters.